The molecule has 28 heavy (non-hydrogen) atoms. The average molecular weight is 392 g/mol. The number of aromatic nitrogens is 5. The Labute approximate surface area is 158 Å². The van der Waals surface area contributed by atoms with E-state index in [9.17, 15) is 18.0 Å². The maximum Gasteiger partial charge on any atom is 0.408 e. The number of imidazole rings is 1. The highest BCUT2D eigenvalue weighted by atomic mass is 19.4. The van der Waals surface area contributed by atoms with Gasteiger partial charge in [0.2, 0.25) is 0 Å². The summed E-state index contributed by atoms with van der Waals surface area (Å²) in [4.78, 5) is 22.7. The van der Waals surface area contributed by atoms with Crippen LogP contribution in [0.25, 0.3) is 16.7 Å². The Balaban J connectivity index is 1.76. The third-order valence-electron chi connectivity index (χ3n) is 4.81. The van der Waals surface area contributed by atoms with Crippen molar-refractivity contribution in [1.29, 1.82) is 0 Å². The minimum absolute atomic E-state index is 0.134. The van der Waals surface area contributed by atoms with Crippen LogP contribution in [0.1, 0.15) is 36.2 Å². The molecule has 4 heterocycles. The van der Waals surface area contributed by atoms with Crippen molar-refractivity contribution in [2.75, 3.05) is 13.1 Å². The van der Waals surface area contributed by atoms with Gasteiger partial charge in [-0.25, -0.2) is 4.98 Å². The fourth-order valence-electron chi connectivity index (χ4n) is 3.47. The quantitative estimate of drug-likeness (QED) is 0.687. The molecule has 3 aromatic rings. The van der Waals surface area contributed by atoms with E-state index in [-0.39, 0.29) is 22.9 Å². The van der Waals surface area contributed by atoms with Gasteiger partial charge in [0, 0.05) is 31.7 Å². The second-order valence-electron chi connectivity index (χ2n) is 6.86. The minimum atomic E-state index is -4.44. The van der Waals surface area contributed by atoms with Gasteiger partial charge in [-0.05, 0) is 18.9 Å². The topological polar surface area (TPSA) is 68.8 Å². The lowest BCUT2D eigenvalue weighted by atomic mass is 10.2. The van der Waals surface area contributed by atoms with Gasteiger partial charge in [-0.3, -0.25) is 19.0 Å². The van der Waals surface area contributed by atoms with Crippen LogP contribution < -0.4 is 0 Å². The second kappa shape index (κ2) is 7.25. The van der Waals surface area contributed by atoms with Crippen molar-refractivity contribution >= 4 is 16.8 Å². The fraction of sp³-hybridized carbons (Fsp3) is 0.444. The molecule has 1 fully saturated rings. The first-order valence-corrected chi connectivity index (χ1v) is 9.13. The van der Waals surface area contributed by atoms with Gasteiger partial charge in [-0.15, -0.1) is 0 Å². The number of hydrogen-bond donors (Lipinski definition) is 0. The molecule has 0 saturated carbocycles. The van der Waals surface area contributed by atoms with Crippen LogP contribution in [0.3, 0.4) is 0 Å². The van der Waals surface area contributed by atoms with E-state index in [1.54, 1.807) is 11.1 Å². The highest BCUT2D eigenvalue weighted by Gasteiger charge is 2.30. The van der Waals surface area contributed by atoms with Crippen LogP contribution in [-0.2, 0) is 6.54 Å². The summed E-state index contributed by atoms with van der Waals surface area (Å²) in [5.74, 6) is 0.0331. The molecular formula is C18H19F3N6O. The largest absolute Gasteiger partial charge is 0.408 e. The number of amides is 1. The zero-order valence-corrected chi connectivity index (χ0v) is 15.1. The molecule has 0 unspecified atom stereocenters. The van der Waals surface area contributed by atoms with Gasteiger partial charge in [0.15, 0.2) is 5.82 Å². The summed E-state index contributed by atoms with van der Waals surface area (Å²) in [5, 5.41) is 4.53. The van der Waals surface area contributed by atoms with Crippen molar-refractivity contribution in [2.45, 2.75) is 38.4 Å². The summed E-state index contributed by atoms with van der Waals surface area (Å²) >= 11 is 0. The van der Waals surface area contributed by atoms with Crippen LogP contribution in [0.15, 0.2) is 31.0 Å². The summed E-state index contributed by atoms with van der Waals surface area (Å²) in [6, 6.07) is 1.40. The van der Waals surface area contributed by atoms with Crippen LogP contribution in [0, 0.1) is 0 Å². The van der Waals surface area contributed by atoms with Gasteiger partial charge in [-0.1, -0.05) is 12.8 Å². The van der Waals surface area contributed by atoms with E-state index in [0.29, 0.717) is 18.5 Å². The maximum atomic E-state index is 13.0. The monoisotopic (exact) mass is 392 g/mol. The molecule has 7 nitrogen and oxygen atoms in total. The predicted molar refractivity (Wildman–Crippen MR) is 95.1 cm³/mol. The second-order valence-corrected chi connectivity index (χ2v) is 6.86. The summed E-state index contributed by atoms with van der Waals surface area (Å²) in [7, 11) is 0. The Morgan fingerprint density at radius 2 is 1.89 bits per heavy atom. The first kappa shape index (κ1) is 18.5. The Kier molecular flexibility index (Phi) is 4.78. The van der Waals surface area contributed by atoms with Crippen molar-refractivity contribution < 1.29 is 18.0 Å². The molecule has 0 aliphatic carbocycles. The van der Waals surface area contributed by atoms with Crippen LogP contribution in [0.4, 0.5) is 13.2 Å². The van der Waals surface area contributed by atoms with E-state index in [1.807, 2.05) is 0 Å². The maximum absolute atomic E-state index is 13.0. The molecule has 0 bridgehead atoms. The minimum Gasteiger partial charge on any atom is -0.337 e. The van der Waals surface area contributed by atoms with E-state index in [0.717, 1.165) is 30.4 Å². The summed E-state index contributed by atoms with van der Waals surface area (Å²) < 4.78 is 41.5. The molecule has 0 radical (unpaired) electrons. The van der Waals surface area contributed by atoms with Crippen molar-refractivity contribution in [3.63, 3.8) is 0 Å². The van der Waals surface area contributed by atoms with Gasteiger partial charge in [-0.2, -0.15) is 18.3 Å². The Hall–Kier alpha value is -2.91. The molecule has 1 amide bonds. The molecule has 0 spiro atoms. The Morgan fingerprint density at radius 3 is 2.54 bits per heavy atom. The molecule has 148 valence electrons. The lowest BCUT2D eigenvalue weighted by Gasteiger charge is -2.19. The highest BCUT2D eigenvalue weighted by molar-refractivity contribution is 5.97. The standard InChI is InChI=1S/C18H19F3N6O/c19-18(20,21)11-27-15-9-14(17(28)25-6-3-1-2-4-7-25)23-10-13(15)16(24-27)26-8-5-22-12-26/h5,8-10,12H,1-4,6-7,11H2. The molecule has 0 aromatic carbocycles. The number of fused-ring (bicyclic) bond motifs is 1. The lowest BCUT2D eigenvalue weighted by molar-refractivity contribution is -0.141. The van der Waals surface area contributed by atoms with Crippen LogP contribution >= 0.6 is 0 Å². The van der Waals surface area contributed by atoms with Crippen molar-refractivity contribution in [2.24, 2.45) is 0 Å². The van der Waals surface area contributed by atoms with Crippen LogP contribution in [-0.4, -0.2) is 54.4 Å². The molecule has 3 aromatic heterocycles. The molecule has 1 aliphatic heterocycles. The molecule has 1 saturated heterocycles. The number of likely N-dealkylation sites (tertiary alicyclic amines) is 1. The average Bonchev–Trinajstić information content (AvgIpc) is 3.20. The highest BCUT2D eigenvalue weighted by Crippen LogP contribution is 2.26. The molecule has 4 rings (SSSR count). The molecule has 1 aliphatic rings. The van der Waals surface area contributed by atoms with E-state index >= 15 is 0 Å². The number of carbonyl (C=O) groups is 1. The Morgan fingerprint density at radius 1 is 1.14 bits per heavy atom. The number of halogens is 3. The van der Waals surface area contributed by atoms with E-state index in [2.05, 4.69) is 15.1 Å². The molecule has 10 heteroatoms. The van der Waals surface area contributed by atoms with Crippen LogP contribution in [0.2, 0.25) is 0 Å². The summed E-state index contributed by atoms with van der Waals surface area (Å²) in [5.41, 5.74) is 0.351. The smallest absolute Gasteiger partial charge is 0.337 e. The van der Waals surface area contributed by atoms with Crippen molar-refractivity contribution in [3.8, 4) is 5.82 Å². The predicted octanol–water partition coefficient (Wildman–Crippen LogP) is 3.20. The first-order chi connectivity index (χ1) is 13.4. The normalized spacial score (nSPS) is 15.8. The molecule has 0 N–H and O–H groups in total. The van der Waals surface area contributed by atoms with Gasteiger partial charge < -0.3 is 4.90 Å². The number of hydrogen-bond acceptors (Lipinski definition) is 4. The number of carbonyl (C=O) groups excluding carboxylic acids is 1. The molecular weight excluding hydrogens is 373 g/mol. The van der Waals surface area contributed by atoms with E-state index in [1.165, 1.54) is 29.4 Å². The third-order valence-corrected chi connectivity index (χ3v) is 4.81. The van der Waals surface area contributed by atoms with Gasteiger partial charge >= 0.3 is 6.18 Å². The van der Waals surface area contributed by atoms with Gasteiger partial charge in [0.1, 0.15) is 18.6 Å². The zero-order valence-electron chi connectivity index (χ0n) is 15.1. The fourth-order valence-corrected chi connectivity index (χ4v) is 3.47. The Bertz CT molecular complexity index is 971. The summed E-state index contributed by atoms with van der Waals surface area (Å²) in [6.45, 7) is 0.0286. The third kappa shape index (κ3) is 3.71. The SMILES string of the molecule is O=C(c1cc2c(cn1)c(-n1ccnc1)nn2CC(F)(F)F)N1CCCCCC1. The van der Waals surface area contributed by atoms with Crippen molar-refractivity contribution in [3.05, 3.63) is 36.7 Å². The van der Waals surface area contributed by atoms with E-state index in [4.69, 9.17) is 0 Å². The number of pyridine rings is 1. The van der Waals surface area contributed by atoms with Gasteiger partial charge in [0.25, 0.3) is 5.91 Å². The number of rotatable bonds is 3. The van der Waals surface area contributed by atoms with Gasteiger partial charge in [0.05, 0.1) is 10.9 Å². The lowest BCUT2D eigenvalue weighted by Crippen LogP contribution is -2.32. The first-order valence-electron chi connectivity index (χ1n) is 9.13. The van der Waals surface area contributed by atoms with E-state index < -0.39 is 12.7 Å². The molecule has 0 atom stereocenters. The van der Waals surface area contributed by atoms with Crippen molar-refractivity contribution in [1.82, 2.24) is 29.2 Å². The summed E-state index contributed by atoms with van der Waals surface area (Å²) in [6.07, 6.45) is 5.52. The zero-order chi connectivity index (χ0) is 19.7. The number of alkyl halides is 3. The number of nitrogens with zero attached hydrogens (tertiary/aromatic N) is 6. The van der Waals surface area contributed by atoms with Crippen LogP contribution in [0.5, 0.6) is 0 Å².